The van der Waals surface area contributed by atoms with Gasteiger partial charge in [-0.2, -0.15) is 0 Å². The average Bonchev–Trinajstić information content (AvgIpc) is 3.12. The number of benzene rings is 1. The molecule has 4 atom stereocenters. The van der Waals surface area contributed by atoms with Gasteiger partial charge >= 0.3 is 0 Å². The van der Waals surface area contributed by atoms with E-state index in [1.54, 1.807) is 4.90 Å². The quantitative estimate of drug-likeness (QED) is 0.823. The zero-order valence-electron chi connectivity index (χ0n) is 14.5. The van der Waals surface area contributed by atoms with Crippen molar-refractivity contribution in [1.29, 1.82) is 0 Å². The molecule has 2 aliphatic heterocycles. The monoisotopic (exact) mass is 380 g/mol. The van der Waals surface area contributed by atoms with Gasteiger partial charge in [0, 0.05) is 36.6 Å². The predicted molar refractivity (Wildman–Crippen MR) is 96.0 cm³/mol. The maximum Gasteiger partial charge on any atom is 0.241 e. The zero-order chi connectivity index (χ0) is 18.4. The topological polar surface area (TPSA) is 64.7 Å². The zero-order valence-corrected chi connectivity index (χ0v) is 15.3. The molecule has 2 heterocycles. The van der Waals surface area contributed by atoms with Crippen molar-refractivity contribution in [2.75, 3.05) is 18.9 Å². The molecule has 1 aromatic rings. The standard InChI is InChI=1S/C18H22ClFN4O2/c1-23-16-8-10(17(25)22-13-9-11(19)3-4-12(13)20)2-5-14(16)24-15(18(23)26)6-7-21-24/h3-4,9-10,14-16,21H,2,5-8H2,1H3,(H,22,25). The largest absolute Gasteiger partial charge is 0.340 e. The van der Waals surface area contributed by atoms with Crippen LogP contribution in [0.15, 0.2) is 18.2 Å². The molecular weight excluding hydrogens is 359 g/mol. The van der Waals surface area contributed by atoms with Crippen LogP contribution in [0.25, 0.3) is 0 Å². The number of nitrogens with zero attached hydrogens (tertiary/aromatic N) is 2. The number of hydrogen-bond donors (Lipinski definition) is 2. The number of halogens is 2. The normalized spacial score (nSPS) is 31.5. The minimum absolute atomic E-state index is 0.0157. The molecule has 1 aliphatic carbocycles. The second kappa shape index (κ2) is 6.79. The fourth-order valence-electron chi connectivity index (χ4n) is 4.51. The molecule has 1 aromatic carbocycles. The van der Waals surface area contributed by atoms with Gasteiger partial charge in [0.2, 0.25) is 11.8 Å². The van der Waals surface area contributed by atoms with Gasteiger partial charge in [-0.3, -0.25) is 15.0 Å². The van der Waals surface area contributed by atoms with E-state index >= 15 is 0 Å². The highest BCUT2D eigenvalue weighted by Crippen LogP contribution is 2.37. The Kier molecular flexibility index (Phi) is 4.62. The van der Waals surface area contributed by atoms with E-state index in [9.17, 15) is 14.0 Å². The molecule has 6 nitrogen and oxygen atoms in total. The first kappa shape index (κ1) is 17.7. The molecule has 4 rings (SSSR count). The van der Waals surface area contributed by atoms with E-state index in [0.717, 1.165) is 19.4 Å². The number of hydrogen-bond acceptors (Lipinski definition) is 4. The first-order valence-corrected chi connectivity index (χ1v) is 9.38. The van der Waals surface area contributed by atoms with Crippen LogP contribution in [0.1, 0.15) is 25.7 Å². The summed E-state index contributed by atoms with van der Waals surface area (Å²) >= 11 is 5.89. The molecule has 1 saturated carbocycles. The van der Waals surface area contributed by atoms with Gasteiger partial charge in [-0.25, -0.2) is 9.40 Å². The van der Waals surface area contributed by atoms with Crippen LogP contribution in [0, 0.1) is 11.7 Å². The number of nitrogens with one attached hydrogen (secondary N) is 2. The fraction of sp³-hybridized carbons (Fsp3) is 0.556. The number of carbonyl (C=O) groups excluding carboxylic acids is 2. The number of amides is 2. The van der Waals surface area contributed by atoms with Crippen LogP contribution in [-0.2, 0) is 9.59 Å². The minimum atomic E-state index is -0.509. The highest BCUT2D eigenvalue weighted by molar-refractivity contribution is 6.30. The smallest absolute Gasteiger partial charge is 0.241 e. The van der Waals surface area contributed by atoms with Crippen molar-refractivity contribution in [3.8, 4) is 0 Å². The van der Waals surface area contributed by atoms with Crippen molar-refractivity contribution in [2.45, 2.75) is 43.8 Å². The van der Waals surface area contributed by atoms with E-state index in [4.69, 9.17) is 11.6 Å². The Labute approximate surface area is 156 Å². The van der Waals surface area contributed by atoms with Gasteiger partial charge < -0.3 is 10.2 Å². The van der Waals surface area contributed by atoms with E-state index in [0.29, 0.717) is 17.9 Å². The number of carbonyl (C=O) groups is 2. The van der Waals surface area contributed by atoms with Crippen LogP contribution < -0.4 is 10.7 Å². The summed E-state index contributed by atoms with van der Waals surface area (Å²) < 4.78 is 13.9. The van der Waals surface area contributed by atoms with Crippen LogP contribution in [0.2, 0.25) is 5.02 Å². The first-order chi connectivity index (χ1) is 12.5. The van der Waals surface area contributed by atoms with E-state index in [-0.39, 0.29) is 41.5 Å². The summed E-state index contributed by atoms with van der Waals surface area (Å²) in [6.45, 7) is 0.811. The Bertz CT molecular complexity index is 746. The molecule has 3 fully saturated rings. The van der Waals surface area contributed by atoms with E-state index in [1.807, 2.05) is 7.05 Å². The molecule has 140 valence electrons. The summed E-state index contributed by atoms with van der Waals surface area (Å²) in [7, 11) is 1.83. The van der Waals surface area contributed by atoms with Crippen LogP contribution in [0.5, 0.6) is 0 Å². The Morgan fingerprint density at radius 2 is 2.12 bits per heavy atom. The van der Waals surface area contributed by atoms with Gasteiger partial charge in [-0.1, -0.05) is 11.6 Å². The number of hydrazine groups is 1. The lowest BCUT2D eigenvalue weighted by atomic mass is 9.79. The molecule has 0 aromatic heterocycles. The molecule has 3 aliphatic rings. The van der Waals surface area contributed by atoms with Gasteiger partial charge in [0.25, 0.3) is 0 Å². The Hall–Kier alpha value is -1.70. The van der Waals surface area contributed by atoms with E-state index in [2.05, 4.69) is 15.8 Å². The van der Waals surface area contributed by atoms with Gasteiger partial charge in [-0.05, 0) is 43.9 Å². The number of rotatable bonds is 2. The Morgan fingerprint density at radius 3 is 2.92 bits per heavy atom. The molecule has 2 amide bonds. The first-order valence-electron chi connectivity index (χ1n) is 9.00. The van der Waals surface area contributed by atoms with E-state index in [1.165, 1.54) is 18.2 Å². The molecule has 2 N–H and O–H groups in total. The summed E-state index contributed by atoms with van der Waals surface area (Å²) in [6, 6.07) is 4.21. The van der Waals surface area contributed by atoms with Gasteiger partial charge in [0.1, 0.15) is 11.9 Å². The highest BCUT2D eigenvalue weighted by atomic mass is 35.5. The number of piperazine rings is 1. The third-order valence-electron chi connectivity index (χ3n) is 5.87. The maximum atomic E-state index is 13.9. The number of fused-ring (bicyclic) bond motifs is 3. The van der Waals surface area contributed by atoms with Gasteiger partial charge in [0.15, 0.2) is 0 Å². The Balaban J connectivity index is 1.48. The van der Waals surface area contributed by atoms with E-state index < -0.39 is 5.82 Å². The summed E-state index contributed by atoms with van der Waals surface area (Å²) in [5.74, 6) is -0.880. The van der Waals surface area contributed by atoms with Crippen molar-refractivity contribution in [3.63, 3.8) is 0 Å². The summed E-state index contributed by atoms with van der Waals surface area (Å²) in [5.41, 5.74) is 3.42. The SMILES string of the molecule is CN1C(=O)C2CCNN2C2CCC(C(=O)Nc3cc(Cl)ccc3F)CC21. The van der Waals surface area contributed by atoms with Crippen LogP contribution in [-0.4, -0.2) is 53.4 Å². The van der Waals surface area contributed by atoms with Crippen molar-refractivity contribution in [2.24, 2.45) is 5.92 Å². The number of anilines is 1. The highest BCUT2D eigenvalue weighted by Gasteiger charge is 2.50. The van der Waals surface area contributed by atoms with Crippen LogP contribution in [0.4, 0.5) is 10.1 Å². The van der Waals surface area contributed by atoms with Crippen molar-refractivity contribution >= 4 is 29.1 Å². The van der Waals surface area contributed by atoms with Crippen LogP contribution in [0.3, 0.4) is 0 Å². The minimum Gasteiger partial charge on any atom is -0.340 e. The summed E-state index contributed by atoms with van der Waals surface area (Å²) in [4.78, 5) is 27.1. The lowest BCUT2D eigenvalue weighted by Gasteiger charge is -2.50. The van der Waals surface area contributed by atoms with Crippen LogP contribution >= 0.6 is 11.6 Å². The third-order valence-corrected chi connectivity index (χ3v) is 6.11. The summed E-state index contributed by atoms with van der Waals surface area (Å²) in [5, 5.41) is 5.12. The maximum absolute atomic E-state index is 13.9. The average molecular weight is 381 g/mol. The molecule has 8 heteroatoms. The molecule has 0 bridgehead atoms. The van der Waals surface area contributed by atoms with Crippen molar-refractivity contribution in [3.05, 3.63) is 29.0 Å². The second-order valence-electron chi connectivity index (χ2n) is 7.33. The molecule has 0 radical (unpaired) electrons. The molecule has 4 unspecified atom stereocenters. The third kappa shape index (κ3) is 2.98. The molecule has 0 spiro atoms. The Morgan fingerprint density at radius 1 is 1.31 bits per heavy atom. The second-order valence-corrected chi connectivity index (χ2v) is 7.76. The molecule has 26 heavy (non-hydrogen) atoms. The molecular formula is C18H22ClFN4O2. The van der Waals surface area contributed by atoms with Crippen molar-refractivity contribution < 1.29 is 14.0 Å². The number of likely N-dealkylation sites (N-methyl/N-ethyl adjacent to an activating group) is 1. The lowest BCUT2D eigenvalue weighted by Crippen LogP contribution is -2.67. The fourth-order valence-corrected chi connectivity index (χ4v) is 4.68. The van der Waals surface area contributed by atoms with Gasteiger partial charge in [0.05, 0.1) is 5.69 Å². The molecule has 2 saturated heterocycles. The summed E-state index contributed by atoms with van der Waals surface area (Å²) in [6.07, 6.45) is 2.93. The van der Waals surface area contributed by atoms with Crippen molar-refractivity contribution in [1.82, 2.24) is 15.3 Å². The van der Waals surface area contributed by atoms with Gasteiger partial charge in [-0.15, -0.1) is 0 Å². The predicted octanol–water partition coefficient (Wildman–Crippen LogP) is 2.01. The lowest BCUT2D eigenvalue weighted by molar-refractivity contribution is -0.153.